The van der Waals surface area contributed by atoms with Gasteiger partial charge in [-0.15, -0.1) is 11.3 Å². The van der Waals surface area contributed by atoms with Gasteiger partial charge in [0, 0.05) is 11.6 Å². The van der Waals surface area contributed by atoms with Gasteiger partial charge in [0.25, 0.3) is 0 Å². The third-order valence-corrected chi connectivity index (χ3v) is 4.95. The highest BCUT2D eigenvalue weighted by Crippen LogP contribution is 2.36. The van der Waals surface area contributed by atoms with Crippen LogP contribution in [-0.2, 0) is 6.42 Å². The molecule has 1 unspecified atom stereocenters. The van der Waals surface area contributed by atoms with Gasteiger partial charge in [-0.3, -0.25) is 0 Å². The first-order valence-corrected chi connectivity index (χ1v) is 8.51. The smallest absolute Gasteiger partial charge is 0.123 e. The first kappa shape index (κ1) is 16.8. The Kier molecular flexibility index (Phi) is 6.06. The van der Waals surface area contributed by atoms with Crippen molar-refractivity contribution in [1.29, 1.82) is 0 Å². The van der Waals surface area contributed by atoms with Gasteiger partial charge >= 0.3 is 0 Å². The molecule has 2 aromatic rings. The van der Waals surface area contributed by atoms with Gasteiger partial charge < -0.3 is 5.32 Å². The molecule has 0 aliphatic rings. The maximum Gasteiger partial charge on any atom is 0.123 e. The molecule has 21 heavy (non-hydrogen) atoms. The Morgan fingerprint density at radius 1 is 1.29 bits per heavy atom. The van der Waals surface area contributed by atoms with Crippen molar-refractivity contribution in [1.82, 2.24) is 5.32 Å². The lowest BCUT2D eigenvalue weighted by Crippen LogP contribution is -2.24. The molecule has 0 aliphatic carbocycles. The van der Waals surface area contributed by atoms with E-state index in [0.29, 0.717) is 8.67 Å². The first-order chi connectivity index (χ1) is 10.0. The molecule has 5 heteroatoms. The van der Waals surface area contributed by atoms with E-state index in [0.717, 1.165) is 36.1 Å². The van der Waals surface area contributed by atoms with Gasteiger partial charge in [-0.1, -0.05) is 36.2 Å². The Bertz CT molecular complexity index is 612. The van der Waals surface area contributed by atoms with E-state index < -0.39 is 0 Å². The fourth-order valence-electron chi connectivity index (χ4n) is 2.31. The van der Waals surface area contributed by atoms with Crippen LogP contribution < -0.4 is 5.32 Å². The minimum absolute atomic E-state index is 0.0883. The fourth-order valence-corrected chi connectivity index (χ4v) is 3.89. The molecular formula is C16H18Cl2FNS. The van der Waals surface area contributed by atoms with E-state index in [4.69, 9.17) is 23.2 Å². The predicted molar refractivity (Wildman–Crippen MR) is 90.2 cm³/mol. The van der Waals surface area contributed by atoms with Gasteiger partial charge in [0.1, 0.15) is 5.82 Å². The van der Waals surface area contributed by atoms with E-state index in [1.54, 1.807) is 6.07 Å². The monoisotopic (exact) mass is 345 g/mol. The summed E-state index contributed by atoms with van der Waals surface area (Å²) < 4.78 is 14.6. The number of thiophene rings is 1. The molecule has 0 bridgehead atoms. The van der Waals surface area contributed by atoms with Gasteiger partial charge in [0.2, 0.25) is 0 Å². The van der Waals surface area contributed by atoms with Gasteiger partial charge in [0.15, 0.2) is 0 Å². The summed E-state index contributed by atoms with van der Waals surface area (Å²) in [5.41, 5.74) is 3.09. The molecule has 0 radical (unpaired) electrons. The highest BCUT2D eigenvalue weighted by Gasteiger charge is 2.18. The molecule has 1 heterocycles. The summed E-state index contributed by atoms with van der Waals surface area (Å²) in [5, 5.41) is 3.50. The van der Waals surface area contributed by atoms with Crippen molar-refractivity contribution in [2.45, 2.75) is 32.7 Å². The van der Waals surface area contributed by atoms with E-state index in [9.17, 15) is 4.39 Å². The second-order valence-corrected chi connectivity index (χ2v) is 7.35. The molecule has 0 aliphatic heterocycles. The third kappa shape index (κ3) is 4.43. The predicted octanol–water partition coefficient (Wildman–Crippen LogP) is 5.79. The summed E-state index contributed by atoms with van der Waals surface area (Å²) in [4.78, 5) is 0. The van der Waals surface area contributed by atoms with E-state index >= 15 is 0 Å². The second kappa shape index (κ2) is 7.59. The van der Waals surface area contributed by atoms with Crippen LogP contribution in [0.2, 0.25) is 8.67 Å². The van der Waals surface area contributed by atoms with E-state index in [2.05, 4.69) is 12.2 Å². The standard InChI is InChI=1S/C16H18Cl2FNS/c1-3-6-20-14(13-9-15(17)21-16(13)18)8-11-4-5-12(19)7-10(11)2/h4-5,7,9,14,20H,3,6,8H2,1-2H3. The van der Waals surface area contributed by atoms with Crippen LogP contribution in [0.15, 0.2) is 24.3 Å². The van der Waals surface area contributed by atoms with Crippen molar-refractivity contribution >= 4 is 34.5 Å². The molecule has 0 saturated carbocycles. The van der Waals surface area contributed by atoms with Crippen LogP contribution in [-0.4, -0.2) is 6.54 Å². The number of hydrogen-bond donors (Lipinski definition) is 1. The maximum atomic E-state index is 13.2. The molecule has 1 aromatic heterocycles. The lowest BCUT2D eigenvalue weighted by Gasteiger charge is -2.19. The molecule has 114 valence electrons. The summed E-state index contributed by atoms with van der Waals surface area (Å²) >= 11 is 13.7. The number of nitrogens with one attached hydrogen (secondary N) is 1. The third-order valence-electron chi connectivity index (χ3n) is 3.43. The quantitative estimate of drug-likeness (QED) is 0.698. The highest BCUT2D eigenvalue weighted by molar-refractivity contribution is 7.20. The SMILES string of the molecule is CCCNC(Cc1ccc(F)cc1C)c1cc(Cl)sc1Cl. The molecule has 0 saturated heterocycles. The zero-order chi connectivity index (χ0) is 15.4. The number of rotatable bonds is 6. The second-order valence-electron chi connectivity index (χ2n) is 5.06. The van der Waals surface area contributed by atoms with Crippen LogP contribution in [0.4, 0.5) is 4.39 Å². The molecule has 1 aromatic carbocycles. The minimum atomic E-state index is -0.203. The van der Waals surface area contributed by atoms with Crippen molar-refractivity contribution in [2.75, 3.05) is 6.54 Å². The van der Waals surface area contributed by atoms with Gasteiger partial charge in [-0.25, -0.2) is 4.39 Å². The average molecular weight is 346 g/mol. The van der Waals surface area contributed by atoms with Crippen LogP contribution in [0.25, 0.3) is 0 Å². The van der Waals surface area contributed by atoms with Crippen LogP contribution in [0, 0.1) is 12.7 Å². The Morgan fingerprint density at radius 3 is 2.62 bits per heavy atom. The van der Waals surface area contributed by atoms with E-state index in [-0.39, 0.29) is 11.9 Å². The lowest BCUT2D eigenvalue weighted by molar-refractivity contribution is 0.529. The largest absolute Gasteiger partial charge is 0.310 e. The van der Waals surface area contributed by atoms with Crippen molar-refractivity contribution in [2.24, 2.45) is 0 Å². The summed E-state index contributed by atoms with van der Waals surface area (Å²) in [6.45, 7) is 4.95. The van der Waals surface area contributed by atoms with Crippen LogP contribution in [0.5, 0.6) is 0 Å². The van der Waals surface area contributed by atoms with Crippen LogP contribution in [0.3, 0.4) is 0 Å². The Labute approximate surface area is 139 Å². The summed E-state index contributed by atoms with van der Waals surface area (Å²) in [6, 6.07) is 6.91. The molecule has 2 rings (SSSR count). The van der Waals surface area contributed by atoms with E-state index in [1.807, 2.05) is 19.1 Å². The number of hydrogen-bond acceptors (Lipinski definition) is 2. The average Bonchev–Trinajstić information content (AvgIpc) is 2.76. The summed E-state index contributed by atoms with van der Waals surface area (Å²) in [7, 11) is 0. The molecule has 1 atom stereocenters. The number of aryl methyl sites for hydroxylation is 1. The number of benzene rings is 1. The van der Waals surface area contributed by atoms with E-state index in [1.165, 1.54) is 17.4 Å². The first-order valence-electron chi connectivity index (χ1n) is 6.94. The van der Waals surface area contributed by atoms with Crippen LogP contribution in [0.1, 0.15) is 36.1 Å². The molecule has 0 amide bonds. The van der Waals surface area contributed by atoms with Crippen molar-refractivity contribution in [3.63, 3.8) is 0 Å². The zero-order valence-corrected chi connectivity index (χ0v) is 14.4. The lowest BCUT2D eigenvalue weighted by atomic mass is 9.97. The summed E-state index contributed by atoms with van der Waals surface area (Å²) in [6.07, 6.45) is 1.80. The Morgan fingerprint density at radius 2 is 2.05 bits per heavy atom. The Balaban J connectivity index is 2.26. The molecule has 0 fully saturated rings. The summed E-state index contributed by atoms with van der Waals surface area (Å²) in [5.74, 6) is -0.203. The molecular weight excluding hydrogens is 328 g/mol. The van der Waals surface area contributed by atoms with Crippen molar-refractivity contribution in [3.8, 4) is 0 Å². The molecule has 0 spiro atoms. The molecule has 1 N–H and O–H groups in total. The van der Waals surface area contributed by atoms with Crippen LogP contribution >= 0.6 is 34.5 Å². The van der Waals surface area contributed by atoms with Gasteiger partial charge in [0.05, 0.1) is 8.67 Å². The number of halogens is 3. The topological polar surface area (TPSA) is 12.0 Å². The van der Waals surface area contributed by atoms with Gasteiger partial charge in [-0.05, 0) is 55.6 Å². The Hall–Kier alpha value is -0.610. The maximum absolute atomic E-state index is 13.2. The van der Waals surface area contributed by atoms with Crippen molar-refractivity contribution < 1.29 is 4.39 Å². The zero-order valence-electron chi connectivity index (χ0n) is 12.1. The normalized spacial score (nSPS) is 12.6. The van der Waals surface area contributed by atoms with Gasteiger partial charge in [-0.2, -0.15) is 0 Å². The molecule has 1 nitrogen and oxygen atoms in total. The van der Waals surface area contributed by atoms with Crippen molar-refractivity contribution in [3.05, 3.63) is 55.4 Å². The minimum Gasteiger partial charge on any atom is -0.310 e. The highest BCUT2D eigenvalue weighted by atomic mass is 35.5. The fraction of sp³-hybridized carbons (Fsp3) is 0.375.